The van der Waals surface area contributed by atoms with Crippen LogP contribution in [0.15, 0.2) is 47.6 Å². The highest BCUT2D eigenvalue weighted by atomic mass is 16.1. The van der Waals surface area contributed by atoms with Gasteiger partial charge in [-0.3, -0.25) is 4.79 Å². The summed E-state index contributed by atoms with van der Waals surface area (Å²) < 4.78 is 0. The van der Waals surface area contributed by atoms with Crippen molar-refractivity contribution in [3.63, 3.8) is 0 Å². The minimum absolute atomic E-state index is 0.0645. The standard InChI is InChI=1S/C19H20N2O/c1-19(2)10-15-17(16(22)11-19)18(21-20-15)14-9-5-7-12-6-3-4-8-13(12)14/h3-9,15,17,20H,10-11H2,1-2H3/t15-,17+/m0/s1. The lowest BCUT2D eigenvalue weighted by Gasteiger charge is -2.36. The molecule has 1 aliphatic heterocycles. The molecular weight excluding hydrogens is 272 g/mol. The highest BCUT2D eigenvalue weighted by Crippen LogP contribution is 2.40. The number of benzene rings is 2. The first kappa shape index (κ1) is 13.5. The molecule has 22 heavy (non-hydrogen) atoms. The number of Topliss-reactive ketones (excluding diaryl/α,β-unsaturated/α-hetero) is 1. The molecule has 3 heteroatoms. The van der Waals surface area contributed by atoms with E-state index in [2.05, 4.69) is 48.6 Å². The number of ketones is 1. The van der Waals surface area contributed by atoms with E-state index in [1.807, 2.05) is 18.2 Å². The average molecular weight is 292 g/mol. The van der Waals surface area contributed by atoms with Crippen molar-refractivity contribution in [1.82, 2.24) is 5.43 Å². The molecule has 0 aromatic heterocycles. The van der Waals surface area contributed by atoms with Gasteiger partial charge in [-0.05, 0) is 22.6 Å². The van der Waals surface area contributed by atoms with E-state index in [1.165, 1.54) is 10.8 Å². The van der Waals surface area contributed by atoms with Crippen LogP contribution in [0.3, 0.4) is 0 Å². The number of rotatable bonds is 1. The van der Waals surface area contributed by atoms with Crippen molar-refractivity contribution in [2.75, 3.05) is 0 Å². The van der Waals surface area contributed by atoms with Crippen LogP contribution in [0.2, 0.25) is 0 Å². The smallest absolute Gasteiger partial charge is 0.144 e. The van der Waals surface area contributed by atoms with Gasteiger partial charge in [-0.15, -0.1) is 0 Å². The summed E-state index contributed by atoms with van der Waals surface area (Å²) in [5.74, 6) is 0.219. The number of hydrogen-bond acceptors (Lipinski definition) is 3. The predicted molar refractivity (Wildman–Crippen MR) is 88.9 cm³/mol. The quantitative estimate of drug-likeness (QED) is 0.873. The van der Waals surface area contributed by atoms with E-state index in [4.69, 9.17) is 0 Å². The molecule has 1 aliphatic carbocycles. The minimum Gasteiger partial charge on any atom is -0.306 e. The van der Waals surface area contributed by atoms with Crippen molar-refractivity contribution < 1.29 is 4.79 Å². The molecule has 1 saturated carbocycles. The van der Waals surface area contributed by atoms with Gasteiger partial charge in [0.05, 0.1) is 17.7 Å². The molecular formula is C19H20N2O. The van der Waals surface area contributed by atoms with E-state index >= 15 is 0 Å². The molecule has 0 bridgehead atoms. The van der Waals surface area contributed by atoms with Crippen LogP contribution < -0.4 is 5.43 Å². The van der Waals surface area contributed by atoms with Crippen LogP contribution >= 0.6 is 0 Å². The molecule has 1 heterocycles. The third-order valence-electron chi connectivity index (χ3n) is 4.89. The molecule has 0 unspecified atom stereocenters. The Morgan fingerprint density at radius 1 is 1.14 bits per heavy atom. The van der Waals surface area contributed by atoms with Crippen LogP contribution in [0.1, 0.15) is 32.3 Å². The van der Waals surface area contributed by atoms with Gasteiger partial charge in [0.1, 0.15) is 5.78 Å². The number of nitrogens with zero attached hydrogens (tertiary/aromatic N) is 1. The maximum Gasteiger partial charge on any atom is 0.144 e. The van der Waals surface area contributed by atoms with Crippen molar-refractivity contribution in [3.05, 3.63) is 48.0 Å². The molecule has 2 aromatic rings. The van der Waals surface area contributed by atoms with Crippen molar-refractivity contribution in [2.24, 2.45) is 16.4 Å². The molecule has 3 nitrogen and oxygen atoms in total. The van der Waals surface area contributed by atoms with Gasteiger partial charge in [-0.2, -0.15) is 5.10 Å². The Hall–Kier alpha value is -2.16. The molecule has 0 saturated heterocycles. The van der Waals surface area contributed by atoms with Crippen LogP contribution in [0, 0.1) is 11.3 Å². The van der Waals surface area contributed by atoms with Gasteiger partial charge in [0.15, 0.2) is 0 Å². The second-order valence-electron chi connectivity index (χ2n) is 7.25. The number of hydrogen-bond donors (Lipinski definition) is 1. The molecule has 0 spiro atoms. The number of nitrogens with one attached hydrogen (secondary N) is 1. The number of fused-ring (bicyclic) bond motifs is 2. The monoisotopic (exact) mass is 292 g/mol. The molecule has 2 aliphatic rings. The third-order valence-corrected chi connectivity index (χ3v) is 4.89. The van der Waals surface area contributed by atoms with Gasteiger partial charge in [0.2, 0.25) is 0 Å². The number of carbonyl (C=O) groups excluding carboxylic acids is 1. The lowest BCUT2D eigenvalue weighted by atomic mass is 9.68. The average Bonchev–Trinajstić information content (AvgIpc) is 2.89. The van der Waals surface area contributed by atoms with E-state index in [-0.39, 0.29) is 17.4 Å². The summed E-state index contributed by atoms with van der Waals surface area (Å²) in [4.78, 5) is 12.7. The van der Waals surface area contributed by atoms with Crippen molar-refractivity contribution in [3.8, 4) is 0 Å². The van der Waals surface area contributed by atoms with Crippen LogP contribution in [0.25, 0.3) is 10.8 Å². The Bertz CT molecular complexity index is 786. The second kappa shape index (κ2) is 4.67. The Kier molecular flexibility index (Phi) is 2.86. The van der Waals surface area contributed by atoms with Crippen molar-refractivity contribution in [2.45, 2.75) is 32.7 Å². The van der Waals surface area contributed by atoms with Gasteiger partial charge in [-0.25, -0.2) is 0 Å². The lowest BCUT2D eigenvalue weighted by molar-refractivity contribution is -0.126. The van der Waals surface area contributed by atoms with Crippen molar-refractivity contribution >= 4 is 22.3 Å². The van der Waals surface area contributed by atoms with E-state index < -0.39 is 0 Å². The zero-order valence-electron chi connectivity index (χ0n) is 13.0. The highest BCUT2D eigenvalue weighted by molar-refractivity contribution is 6.20. The van der Waals surface area contributed by atoms with E-state index in [0.717, 1.165) is 17.7 Å². The zero-order valence-corrected chi connectivity index (χ0v) is 13.0. The SMILES string of the molecule is CC1(C)CC(=O)[C@@H]2C(c3cccc4ccccc34)=NN[C@H]2C1. The summed E-state index contributed by atoms with van der Waals surface area (Å²) in [5.41, 5.74) is 5.30. The summed E-state index contributed by atoms with van der Waals surface area (Å²) in [7, 11) is 0. The molecule has 0 amide bonds. The molecule has 1 fully saturated rings. The predicted octanol–water partition coefficient (Wildman–Crippen LogP) is 3.52. The normalized spacial score (nSPS) is 26.5. The molecule has 2 atom stereocenters. The summed E-state index contributed by atoms with van der Waals surface area (Å²) >= 11 is 0. The Balaban J connectivity index is 1.79. The fourth-order valence-electron chi connectivity index (χ4n) is 3.95. The highest BCUT2D eigenvalue weighted by Gasteiger charge is 2.46. The second-order valence-corrected chi connectivity index (χ2v) is 7.25. The van der Waals surface area contributed by atoms with Crippen LogP contribution in [-0.4, -0.2) is 17.5 Å². The van der Waals surface area contributed by atoms with E-state index in [0.29, 0.717) is 12.2 Å². The van der Waals surface area contributed by atoms with Crippen molar-refractivity contribution in [1.29, 1.82) is 0 Å². The van der Waals surface area contributed by atoms with Gasteiger partial charge in [-0.1, -0.05) is 56.3 Å². The van der Waals surface area contributed by atoms with Gasteiger partial charge in [0.25, 0.3) is 0 Å². The van der Waals surface area contributed by atoms with Gasteiger partial charge < -0.3 is 5.43 Å². The van der Waals surface area contributed by atoms with Gasteiger partial charge in [0, 0.05) is 12.0 Å². The Labute approximate surface area is 130 Å². The molecule has 1 N–H and O–H groups in total. The summed E-state index contributed by atoms with van der Waals surface area (Å²) in [6, 6.07) is 14.7. The Morgan fingerprint density at radius 2 is 1.91 bits per heavy atom. The fourth-order valence-corrected chi connectivity index (χ4v) is 3.95. The first-order valence-electron chi connectivity index (χ1n) is 7.89. The number of hydrazone groups is 1. The number of carbonyl (C=O) groups is 1. The molecule has 112 valence electrons. The third kappa shape index (κ3) is 2.04. The fraction of sp³-hybridized carbons (Fsp3) is 0.368. The molecule has 4 rings (SSSR count). The van der Waals surface area contributed by atoms with Crippen LogP contribution in [0.5, 0.6) is 0 Å². The maximum atomic E-state index is 12.7. The minimum atomic E-state index is -0.0983. The first-order chi connectivity index (χ1) is 10.6. The lowest BCUT2D eigenvalue weighted by Crippen LogP contribution is -2.45. The maximum absolute atomic E-state index is 12.7. The summed E-state index contributed by atoms with van der Waals surface area (Å²) in [6.07, 6.45) is 1.63. The topological polar surface area (TPSA) is 41.5 Å². The van der Waals surface area contributed by atoms with Gasteiger partial charge >= 0.3 is 0 Å². The molecule has 2 aromatic carbocycles. The Morgan fingerprint density at radius 3 is 2.77 bits per heavy atom. The largest absolute Gasteiger partial charge is 0.306 e. The first-order valence-corrected chi connectivity index (χ1v) is 7.89. The summed E-state index contributed by atoms with van der Waals surface area (Å²) in [6.45, 7) is 4.33. The molecule has 0 radical (unpaired) electrons. The van der Waals surface area contributed by atoms with E-state index in [9.17, 15) is 4.79 Å². The zero-order chi connectivity index (χ0) is 15.3. The van der Waals surface area contributed by atoms with Crippen LogP contribution in [0.4, 0.5) is 0 Å². The van der Waals surface area contributed by atoms with Crippen LogP contribution in [-0.2, 0) is 4.79 Å². The summed E-state index contributed by atoms with van der Waals surface area (Å²) in [5, 5.41) is 6.92. The van der Waals surface area contributed by atoms with E-state index in [1.54, 1.807) is 0 Å².